The van der Waals surface area contributed by atoms with Gasteiger partial charge in [0, 0.05) is 25.1 Å². The summed E-state index contributed by atoms with van der Waals surface area (Å²) in [7, 11) is 0. The van der Waals surface area contributed by atoms with Crippen LogP contribution < -0.4 is 0 Å². The Balaban J connectivity index is 1.56. The number of carbonyl (C=O) groups excluding carboxylic acids is 2. The van der Waals surface area contributed by atoms with Crippen LogP contribution in [0.1, 0.15) is 18.4 Å². The Labute approximate surface area is 128 Å². The van der Waals surface area contributed by atoms with Crippen molar-refractivity contribution < 1.29 is 19.4 Å². The lowest BCUT2D eigenvalue weighted by Crippen LogP contribution is -2.49. The van der Waals surface area contributed by atoms with Gasteiger partial charge in [-0.3, -0.25) is 9.59 Å². The van der Waals surface area contributed by atoms with Crippen molar-refractivity contribution in [3.63, 3.8) is 0 Å². The Morgan fingerprint density at radius 3 is 3.00 bits per heavy atom. The van der Waals surface area contributed by atoms with E-state index in [9.17, 15) is 14.7 Å². The molecule has 3 fully saturated rings. The summed E-state index contributed by atoms with van der Waals surface area (Å²) < 4.78 is 5.88. The molecule has 3 heterocycles. The van der Waals surface area contributed by atoms with Crippen molar-refractivity contribution in [2.24, 2.45) is 0 Å². The maximum absolute atomic E-state index is 12.6. The van der Waals surface area contributed by atoms with Gasteiger partial charge < -0.3 is 19.6 Å². The van der Waals surface area contributed by atoms with Crippen molar-refractivity contribution in [2.75, 3.05) is 19.7 Å². The fraction of sp³-hybridized carbons (Fsp3) is 0.500. The number of likely N-dealkylation sites (tertiary alicyclic amines) is 1. The summed E-state index contributed by atoms with van der Waals surface area (Å²) in [6.45, 7) is 1.77. The van der Waals surface area contributed by atoms with Crippen LogP contribution in [0.15, 0.2) is 24.3 Å². The second kappa shape index (κ2) is 4.71. The summed E-state index contributed by atoms with van der Waals surface area (Å²) in [5.74, 6) is 0.141. The van der Waals surface area contributed by atoms with Crippen LogP contribution >= 0.6 is 0 Å². The number of rotatable bonds is 2. The van der Waals surface area contributed by atoms with Crippen molar-refractivity contribution >= 4 is 11.8 Å². The minimum absolute atomic E-state index is 0.0616. The van der Waals surface area contributed by atoms with Crippen LogP contribution in [0.25, 0.3) is 0 Å². The number of carbonyl (C=O) groups is 2. The van der Waals surface area contributed by atoms with Gasteiger partial charge in [-0.05, 0) is 6.07 Å². The molecule has 116 valence electrons. The molecule has 3 aliphatic rings. The van der Waals surface area contributed by atoms with Crippen LogP contribution in [0.4, 0.5) is 0 Å². The minimum Gasteiger partial charge on any atom is -0.508 e. The Morgan fingerprint density at radius 2 is 2.18 bits per heavy atom. The van der Waals surface area contributed by atoms with E-state index < -0.39 is 5.72 Å². The predicted octanol–water partition coefficient (Wildman–Crippen LogP) is 0.494. The zero-order chi connectivity index (χ0) is 15.3. The molecule has 2 amide bonds. The van der Waals surface area contributed by atoms with Gasteiger partial charge in [-0.15, -0.1) is 0 Å². The molecule has 0 saturated carbocycles. The number of phenolic OH excluding ortho intramolecular Hbond substituents is 1. The topological polar surface area (TPSA) is 70.1 Å². The molecular formula is C16H18N2O4. The molecule has 22 heavy (non-hydrogen) atoms. The third-order valence-corrected chi connectivity index (χ3v) is 5.05. The van der Waals surface area contributed by atoms with Crippen molar-refractivity contribution in [1.29, 1.82) is 0 Å². The second-order valence-corrected chi connectivity index (χ2v) is 6.10. The van der Waals surface area contributed by atoms with E-state index in [1.807, 2.05) is 0 Å². The van der Waals surface area contributed by atoms with Crippen LogP contribution in [0.3, 0.4) is 0 Å². The zero-order valence-electron chi connectivity index (χ0n) is 12.2. The summed E-state index contributed by atoms with van der Waals surface area (Å²) in [6, 6.07) is 6.66. The van der Waals surface area contributed by atoms with Crippen LogP contribution in [0.2, 0.25) is 0 Å². The molecule has 1 N–H and O–H groups in total. The van der Waals surface area contributed by atoms with Crippen molar-refractivity contribution in [2.45, 2.75) is 31.0 Å². The number of phenols is 1. The van der Waals surface area contributed by atoms with Crippen LogP contribution in [-0.4, -0.2) is 58.2 Å². The molecule has 2 atom stereocenters. The van der Waals surface area contributed by atoms with E-state index in [4.69, 9.17) is 4.74 Å². The van der Waals surface area contributed by atoms with E-state index in [1.54, 1.807) is 34.1 Å². The van der Waals surface area contributed by atoms with Gasteiger partial charge in [0.05, 0.1) is 25.5 Å². The summed E-state index contributed by atoms with van der Waals surface area (Å²) in [6.07, 6.45) is 1.16. The molecule has 1 aromatic carbocycles. The first-order valence-electron chi connectivity index (χ1n) is 7.62. The normalized spacial score (nSPS) is 29.8. The quantitative estimate of drug-likeness (QED) is 0.863. The van der Waals surface area contributed by atoms with Crippen molar-refractivity contribution in [3.05, 3.63) is 29.8 Å². The number of benzene rings is 1. The highest BCUT2D eigenvalue weighted by atomic mass is 16.5. The maximum Gasteiger partial charge on any atom is 0.227 e. The van der Waals surface area contributed by atoms with E-state index in [1.165, 1.54) is 0 Å². The van der Waals surface area contributed by atoms with Gasteiger partial charge in [0.1, 0.15) is 5.75 Å². The maximum atomic E-state index is 12.6. The fourth-order valence-electron chi connectivity index (χ4n) is 4.01. The van der Waals surface area contributed by atoms with E-state index >= 15 is 0 Å². The zero-order valence-corrected chi connectivity index (χ0v) is 12.2. The molecule has 6 nitrogen and oxygen atoms in total. The monoisotopic (exact) mass is 302 g/mol. The van der Waals surface area contributed by atoms with Gasteiger partial charge in [0.15, 0.2) is 5.72 Å². The van der Waals surface area contributed by atoms with Gasteiger partial charge in [-0.25, -0.2) is 0 Å². The van der Waals surface area contributed by atoms with Crippen molar-refractivity contribution in [3.8, 4) is 5.75 Å². The minimum atomic E-state index is -0.592. The van der Waals surface area contributed by atoms with Crippen LogP contribution in [-0.2, 0) is 20.7 Å². The molecule has 0 aliphatic carbocycles. The SMILES string of the molecule is O=C(Cc1ccccc1O)N1CC[C@@]23OCCN2C(=O)C[C@@H]13. The molecule has 3 saturated heterocycles. The standard InChI is InChI=1S/C16H18N2O4/c19-12-4-2-1-3-11(12)9-14(20)17-6-5-16-13(17)10-15(21)18(16)7-8-22-16/h1-4,13,19H,5-10H2/t13-,16+/m1/s1. The lowest BCUT2D eigenvalue weighted by molar-refractivity contribution is -0.139. The van der Waals surface area contributed by atoms with Gasteiger partial charge in [-0.2, -0.15) is 0 Å². The summed E-state index contributed by atoms with van der Waals surface area (Å²) in [5, 5.41) is 9.82. The molecular weight excluding hydrogens is 284 g/mol. The molecule has 3 aliphatic heterocycles. The smallest absolute Gasteiger partial charge is 0.227 e. The van der Waals surface area contributed by atoms with Gasteiger partial charge >= 0.3 is 0 Å². The largest absolute Gasteiger partial charge is 0.508 e. The number of para-hydroxylation sites is 1. The second-order valence-electron chi connectivity index (χ2n) is 6.10. The molecule has 0 radical (unpaired) electrons. The van der Waals surface area contributed by atoms with Gasteiger partial charge in [-0.1, -0.05) is 18.2 Å². The third-order valence-electron chi connectivity index (χ3n) is 5.05. The highest BCUT2D eigenvalue weighted by Gasteiger charge is 2.62. The highest BCUT2D eigenvalue weighted by Crippen LogP contribution is 2.45. The molecule has 0 unspecified atom stereocenters. The van der Waals surface area contributed by atoms with Gasteiger partial charge in [0.25, 0.3) is 0 Å². The fourth-order valence-corrected chi connectivity index (χ4v) is 4.01. The molecule has 4 rings (SSSR count). The molecule has 1 spiro atoms. The predicted molar refractivity (Wildman–Crippen MR) is 76.9 cm³/mol. The Hall–Kier alpha value is -2.08. The number of hydrogen-bond donors (Lipinski definition) is 1. The van der Waals surface area contributed by atoms with E-state index in [0.717, 1.165) is 0 Å². The molecule has 1 aromatic rings. The summed E-state index contributed by atoms with van der Waals surface area (Å²) in [5.41, 5.74) is 0.0211. The summed E-state index contributed by atoms with van der Waals surface area (Å²) in [4.78, 5) is 28.3. The molecule has 0 aromatic heterocycles. The average molecular weight is 302 g/mol. The Bertz CT molecular complexity index is 647. The number of nitrogens with zero attached hydrogens (tertiary/aromatic N) is 2. The Kier molecular flexibility index (Phi) is 2.91. The number of amides is 2. The average Bonchev–Trinajstić information content (AvgIpc) is 3.13. The van der Waals surface area contributed by atoms with Crippen molar-refractivity contribution in [1.82, 2.24) is 9.80 Å². The number of ether oxygens (including phenoxy) is 1. The molecule has 6 heteroatoms. The van der Waals surface area contributed by atoms with Crippen LogP contribution in [0.5, 0.6) is 5.75 Å². The Morgan fingerprint density at radius 1 is 1.36 bits per heavy atom. The first-order valence-corrected chi connectivity index (χ1v) is 7.62. The lowest BCUT2D eigenvalue weighted by Gasteiger charge is -2.31. The highest BCUT2D eigenvalue weighted by molar-refractivity contribution is 5.85. The summed E-state index contributed by atoms with van der Waals surface area (Å²) >= 11 is 0. The van der Waals surface area contributed by atoms with Crippen LogP contribution in [0, 0.1) is 0 Å². The van der Waals surface area contributed by atoms with E-state index in [-0.39, 0.29) is 30.0 Å². The lowest BCUT2D eigenvalue weighted by atomic mass is 10.1. The number of aromatic hydroxyl groups is 1. The van der Waals surface area contributed by atoms with E-state index in [2.05, 4.69) is 0 Å². The molecule has 0 bridgehead atoms. The first kappa shape index (κ1) is 13.6. The first-order chi connectivity index (χ1) is 10.6. The van der Waals surface area contributed by atoms with E-state index in [0.29, 0.717) is 38.1 Å². The third kappa shape index (κ3) is 1.76. The number of hydrogen-bond acceptors (Lipinski definition) is 4. The van der Waals surface area contributed by atoms with Gasteiger partial charge in [0.2, 0.25) is 11.8 Å².